The summed E-state index contributed by atoms with van der Waals surface area (Å²) in [6.07, 6.45) is 0.622. The molecule has 0 heterocycles. The van der Waals surface area contributed by atoms with Crippen molar-refractivity contribution in [3.8, 4) is 0 Å². The molecule has 1 aromatic carbocycles. The van der Waals surface area contributed by atoms with Gasteiger partial charge in [-0.1, -0.05) is 18.5 Å². The Balaban J connectivity index is 3.43. The van der Waals surface area contributed by atoms with E-state index in [9.17, 15) is 12.8 Å². The highest BCUT2D eigenvalue weighted by Crippen LogP contribution is 2.35. The zero-order valence-corrected chi connectivity index (χ0v) is 13.0. The van der Waals surface area contributed by atoms with Gasteiger partial charge in [0.1, 0.15) is 4.90 Å². The Kier molecular flexibility index (Phi) is 4.99. The molecule has 18 heavy (non-hydrogen) atoms. The lowest BCUT2D eigenvalue weighted by atomic mass is 10.3. The van der Waals surface area contributed by atoms with Gasteiger partial charge in [0.05, 0.1) is 15.2 Å². The molecule has 102 valence electrons. The van der Waals surface area contributed by atoms with E-state index in [2.05, 4.69) is 15.9 Å². The highest BCUT2D eigenvalue weighted by atomic mass is 79.9. The first kappa shape index (κ1) is 15.7. The fraction of sp³-hybridized carbons (Fsp3) is 0.400. The summed E-state index contributed by atoms with van der Waals surface area (Å²) in [6.45, 7) is 2.11. The lowest BCUT2D eigenvalue weighted by Crippen LogP contribution is -2.28. The zero-order valence-electron chi connectivity index (χ0n) is 9.87. The molecule has 0 unspecified atom stereocenters. The summed E-state index contributed by atoms with van der Waals surface area (Å²) in [6, 6.07) is 1.05. The van der Waals surface area contributed by atoms with E-state index in [1.54, 1.807) is 0 Å². The predicted octanol–water partition coefficient (Wildman–Crippen LogP) is 2.85. The van der Waals surface area contributed by atoms with Gasteiger partial charge >= 0.3 is 0 Å². The second-order valence-electron chi connectivity index (χ2n) is 3.72. The molecule has 4 nitrogen and oxygen atoms in total. The predicted molar refractivity (Wildman–Crippen MR) is 73.6 cm³/mol. The molecule has 0 aliphatic rings. The normalized spacial score (nSPS) is 12.1. The van der Waals surface area contributed by atoms with Crippen LogP contribution < -0.4 is 5.73 Å². The average molecular weight is 360 g/mol. The van der Waals surface area contributed by atoms with Crippen molar-refractivity contribution in [2.75, 3.05) is 19.3 Å². The number of benzene rings is 1. The Morgan fingerprint density at radius 2 is 2.11 bits per heavy atom. The smallest absolute Gasteiger partial charge is 0.245 e. The van der Waals surface area contributed by atoms with Gasteiger partial charge in [-0.15, -0.1) is 0 Å². The molecule has 1 aromatic rings. The Hall–Kier alpha value is -0.370. The van der Waals surface area contributed by atoms with Crippen molar-refractivity contribution in [1.82, 2.24) is 4.31 Å². The van der Waals surface area contributed by atoms with E-state index in [1.807, 2.05) is 6.92 Å². The maximum atomic E-state index is 13.9. The third kappa shape index (κ3) is 2.79. The van der Waals surface area contributed by atoms with Crippen LogP contribution in [-0.2, 0) is 10.0 Å². The van der Waals surface area contributed by atoms with Crippen molar-refractivity contribution in [1.29, 1.82) is 0 Å². The monoisotopic (exact) mass is 358 g/mol. The minimum Gasteiger partial charge on any atom is -0.395 e. The maximum absolute atomic E-state index is 13.9. The lowest BCUT2D eigenvalue weighted by molar-refractivity contribution is 0.462. The molecule has 0 aliphatic carbocycles. The first-order valence-corrected chi connectivity index (χ1v) is 7.73. The third-order valence-corrected chi connectivity index (χ3v) is 5.62. The number of sulfonamides is 1. The number of hydrogen-bond donors (Lipinski definition) is 1. The Bertz CT molecular complexity index is 565. The number of rotatable bonds is 4. The summed E-state index contributed by atoms with van der Waals surface area (Å²) < 4.78 is 39.4. The number of anilines is 1. The van der Waals surface area contributed by atoms with E-state index in [1.165, 1.54) is 7.05 Å². The van der Waals surface area contributed by atoms with Gasteiger partial charge < -0.3 is 5.73 Å². The SMILES string of the molecule is CCCN(C)S(=O)(=O)c1cc(Cl)c(Br)c(N)c1F. The molecule has 0 saturated heterocycles. The van der Waals surface area contributed by atoms with Crippen LogP contribution in [0.1, 0.15) is 13.3 Å². The summed E-state index contributed by atoms with van der Waals surface area (Å²) in [5.74, 6) is -0.991. The number of hydrogen-bond acceptors (Lipinski definition) is 3. The Morgan fingerprint density at radius 3 is 2.61 bits per heavy atom. The van der Waals surface area contributed by atoms with Crippen molar-refractivity contribution >= 4 is 43.2 Å². The van der Waals surface area contributed by atoms with E-state index in [-0.39, 0.29) is 21.7 Å². The fourth-order valence-electron chi connectivity index (χ4n) is 1.39. The molecule has 0 radical (unpaired) electrons. The zero-order chi connectivity index (χ0) is 14.1. The summed E-state index contributed by atoms with van der Waals surface area (Å²) in [5.41, 5.74) is 5.15. The molecular formula is C10H13BrClFN2O2S. The molecule has 0 spiro atoms. The van der Waals surface area contributed by atoms with Crippen LogP contribution in [0.4, 0.5) is 10.1 Å². The van der Waals surface area contributed by atoms with Gasteiger partial charge in [0.15, 0.2) is 5.82 Å². The Labute approximate surface area is 119 Å². The Morgan fingerprint density at radius 1 is 1.56 bits per heavy atom. The lowest BCUT2D eigenvalue weighted by Gasteiger charge is -2.18. The van der Waals surface area contributed by atoms with Gasteiger partial charge in [0.2, 0.25) is 10.0 Å². The van der Waals surface area contributed by atoms with Crippen molar-refractivity contribution in [3.05, 3.63) is 21.4 Å². The molecule has 0 atom stereocenters. The van der Waals surface area contributed by atoms with Crippen LogP contribution in [0.3, 0.4) is 0 Å². The molecule has 1 rings (SSSR count). The third-order valence-electron chi connectivity index (χ3n) is 2.38. The van der Waals surface area contributed by atoms with Crippen LogP contribution >= 0.6 is 27.5 Å². The molecular weight excluding hydrogens is 347 g/mol. The van der Waals surface area contributed by atoms with Crippen LogP contribution in [0.2, 0.25) is 5.02 Å². The molecule has 0 bridgehead atoms. The number of nitrogens with two attached hydrogens (primary N) is 1. The van der Waals surface area contributed by atoms with Crippen LogP contribution in [0.5, 0.6) is 0 Å². The number of nitrogen functional groups attached to an aromatic ring is 1. The van der Waals surface area contributed by atoms with E-state index in [0.717, 1.165) is 10.4 Å². The van der Waals surface area contributed by atoms with Crippen LogP contribution in [0.25, 0.3) is 0 Å². The number of halogens is 3. The molecule has 8 heteroatoms. The molecule has 0 saturated carbocycles. The highest BCUT2D eigenvalue weighted by Gasteiger charge is 2.27. The molecule has 0 amide bonds. The largest absolute Gasteiger partial charge is 0.395 e. The van der Waals surface area contributed by atoms with E-state index in [4.69, 9.17) is 17.3 Å². The first-order valence-electron chi connectivity index (χ1n) is 5.12. The maximum Gasteiger partial charge on any atom is 0.245 e. The molecule has 0 aliphatic heterocycles. The van der Waals surface area contributed by atoms with E-state index in [0.29, 0.717) is 6.42 Å². The average Bonchev–Trinajstić information content (AvgIpc) is 2.31. The summed E-state index contributed by atoms with van der Waals surface area (Å²) in [4.78, 5) is -0.510. The second-order valence-corrected chi connectivity index (χ2v) is 6.94. The van der Waals surface area contributed by atoms with Crippen LogP contribution in [0.15, 0.2) is 15.4 Å². The minimum absolute atomic E-state index is 0.0531. The number of nitrogens with zero attached hydrogens (tertiary/aromatic N) is 1. The van der Waals surface area contributed by atoms with Crippen molar-refractivity contribution < 1.29 is 12.8 Å². The first-order chi connectivity index (χ1) is 8.23. The van der Waals surface area contributed by atoms with Gasteiger partial charge in [-0.3, -0.25) is 0 Å². The van der Waals surface area contributed by atoms with E-state index >= 15 is 0 Å². The fourth-order valence-corrected chi connectivity index (χ4v) is 3.32. The summed E-state index contributed by atoms with van der Waals surface area (Å²) >= 11 is 8.80. The van der Waals surface area contributed by atoms with Crippen molar-refractivity contribution in [3.63, 3.8) is 0 Å². The summed E-state index contributed by atoms with van der Waals surface area (Å²) in [5, 5.41) is 0.0531. The van der Waals surface area contributed by atoms with Gasteiger partial charge in [-0.05, 0) is 28.4 Å². The minimum atomic E-state index is -3.92. The topological polar surface area (TPSA) is 63.4 Å². The van der Waals surface area contributed by atoms with Crippen molar-refractivity contribution in [2.24, 2.45) is 0 Å². The van der Waals surface area contributed by atoms with E-state index < -0.39 is 20.7 Å². The van der Waals surface area contributed by atoms with Crippen molar-refractivity contribution in [2.45, 2.75) is 18.2 Å². The molecule has 2 N–H and O–H groups in total. The van der Waals surface area contributed by atoms with Crippen LogP contribution in [0, 0.1) is 5.82 Å². The summed E-state index contributed by atoms with van der Waals surface area (Å²) in [7, 11) is -2.54. The second kappa shape index (κ2) is 5.73. The molecule has 0 fully saturated rings. The highest BCUT2D eigenvalue weighted by molar-refractivity contribution is 9.10. The van der Waals surface area contributed by atoms with Gasteiger partial charge in [0, 0.05) is 13.6 Å². The van der Waals surface area contributed by atoms with Crippen LogP contribution in [-0.4, -0.2) is 26.3 Å². The quantitative estimate of drug-likeness (QED) is 0.664. The van der Waals surface area contributed by atoms with Gasteiger partial charge in [0.25, 0.3) is 0 Å². The molecule has 0 aromatic heterocycles. The standard InChI is InChI=1S/C10H13BrClFN2O2S/c1-3-4-15(2)18(16,17)7-5-6(12)8(11)10(14)9(7)13/h5H,3-4,14H2,1-2H3. The van der Waals surface area contributed by atoms with Gasteiger partial charge in [-0.2, -0.15) is 0 Å². The van der Waals surface area contributed by atoms with Gasteiger partial charge in [-0.25, -0.2) is 17.1 Å².